The normalized spacial score (nSPS) is 25.8. The summed E-state index contributed by atoms with van der Waals surface area (Å²) in [5.41, 5.74) is -0.543. The molecule has 2 aliphatic rings. The Labute approximate surface area is 93.1 Å². The van der Waals surface area contributed by atoms with Crippen molar-refractivity contribution in [2.45, 2.75) is 32.3 Å². The molecule has 0 amide bonds. The van der Waals surface area contributed by atoms with Gasteiger partial charge in [0.1, 0.15) is 0 Å². The van der Waals surface area contributed by atoms with Crippen LogP contribution in [0.4, 0.5) is 0 Å². The van der Waals surface area contributed by atoms with Crippen LogP contribution in [0.15, 0.2) is 0 Å². The molecule has 1 N–H and O–H groups in total. The third-order valence-corrected chi connectivity index (χ3v) is 3.29. The van der Waals surface area contributed by atoms with Gasteiger partial charge in [0.05, 0.1) is 5.60 Å². The maximum absolute atomic E-state index is 9.74. The quantitative estimate of drug-likeness (QED) is 0.746. The van der Waals surface area contributed by atoms with E-state index in [9.17, 15) is 5.11 Å². The Morgan fingerprint density at radius 3 is 2.07 bits per heavy atom. The maximum atomic E-state index is 9.74. The molecule has 0 radical (unpaired) electrons. The number of β-amino-alcohol motifs (C(OH)–C–C–N with tert-alkyl or cyclic N) is 1. The second-order valence-corrected chi connectivity index (χ2v) is 5.83. The molecule has 2 fully saturated rings. The average Bonchev–Trinajstić information content (AvgIpc) is 2.90. The molecule has 1 heterocycles. The molecule has 88 valence electrons. The highest BCUT2D eigenvalue weighted by Crippen LogP contribution is 2.29. The van der Waals surface area contributed by atoms with Gasteiger partial charge in [-0.05, 0) is 32.6 Å². The van der Waals surface area contributed by atoms with Crippen molar-refractivity contribution in [1.82, 2.24) is 9.80 Å². The van der Waals surface area contributed by atoms with Gasteiger partial charge in [0, 0.05) is 39.3 Å². The summed E-state index contributed by atoms with van der Waals surface area (Å²) in [4.78, 5) is 4.96. The Balaban J connectivity index is 1.67. The summed E-state index contributed by atoms with van der Waals surface area (Å²) in [6.07, 6.45) is 2.90. The molecular weight excluding hydrogens is 188 g/mol. The number of nitrogens with zero attached hydrogens (tertiary/aromatic N) is 2. The van der Waals surface area contributed by atoms with Crippen molar-refractivity contribution in [3.8, 4) is 0 Å². The topological polar surface area (TPSA) is 26.7 Å². The van der Waals surface area contributed by atoms with E-state index in [0.29, 0.717) is 0 Å². The third kappa shape index (κ3) is 4.09. The summed E-state index contributed by atoms with van der Waals surface area (Å²) in [7, 11) is 0. The van der Waals surface area contributed by atoms with Gasteiger partial charge >= 0.3 is 0 Å². The Hall–Kier alpha value is -0.120. The van der Waals surface area contributed by atoms with Gasteiger partial charge in [0.25, 0.3) is 0 Å². The Morgan fingerprint density at radius 1 is 1.07 bits per heavy atom. The van der Waals surface area contributed by atoms with Crippen LogP contribution < -0.4 is 0 Å². The second-order valence-electron chi connectivity index (χ2n) is 5.83. The van der Waals surface area contributed by atoms with E-state index in [2.05, 4.69) is 9.80 Å². The zero-order chi connectivity index (χ0) is 10.9. The van der Waals surface area contributed by atoms with Gasteiger partial charge in [-0.1, -0.05) is 0 Å². The molecule has 0 aromatic heterocycles. The Morgan fingerprint density at radius 2 is 1.60 bits per heavy atom. The third-order valence-electron chi connectivity index (χ3n) is 3.29. The fourth-order valence-corrected chi connectivity index (χ4v) is 2.34. The molecule has 0 unspecified atom stereocenters. The molecule has 1 saturated heterocycles. The first kappa shape index (κ1) is 11.4. The summed E-state index contributed by atoms with van der Waals surface area (Å²) in [6, 6.07) is 0. The van der Waals surface area contributed by atoms with Crippen molar-refractivity contribution in [2.75, 3.05) is 39.3 Å². The van der Waals surface area contributed by atoms with E-state index in [1.165, 1.54) is 32.5 Å². The van der Waals surface area contributed by atoms with E-state index in [1.54, 1.807) is 0 Å². The highest BCUT2D eigenvalue weighted by molar-refractivity contribution is 4.82. The molecule has 3 nitrogen and oxygen atoms in total. The van der Waals surface area contributed by atoms with Crippen LogP contribution in [-0.4, -0.2) is 59.8 Å². The molecule has 0 bridgehead atoms. The fourth-order valence-electron chi connectivity index (χ4n) is 2.34. The van der Waals surface area contributed by atoms with Gasteiger partial charge in [-0.15, -0.1) is 0 Å². The molecule has 0 aromatic rings. The molecule has 3 heteroatoms. The van der Waals surface area contributed by atoms with E-state index in [4.69, 9.17) is 0 Å². The lowest BCUT2D eigenvalue weighted by atomic mass is 10.1. The van der Waals surface area contributed by atoms with Crippen LogP contribution in [0.25, 0.3) is 0 Å². The van der Waals surface area contributed by atoms with E-state index in [-0.39, 0.29) is 0 Å². The molecule has 1 saturated carbocycles. The predicted octanol–water partition coefficient (Wildman–Crippen LogP) is 0.785. The van der Waals surface area contributed by atoms with Crippen molar-refractivity contribution in [3.05, 3.63) is 0 Å². The lowest BCUT2D eigenvalue weighted by molar-refractivity contribution is 0.0172. The van der Waals surface area contributed by atoms with Crippen LogP contribution in [0, 0.1) is 5.92 Å². The Kier molecular flexibility index (Phi) is 3.33. The first-order valence-corrected chi connectivity index (χ1v) is 6.20. The van der Waals surface area contributed by atoms with Gasteiger partial charge in [0.2, 0.25) is 0 Å². The van der Waals surface area contributed by atoms with Crippen LogP contribution in [0.3, 0.4) is 0 Å². The minimum absolute atomic E-state index is 0.543. The molecule has 0 aromatic carbocycles. The first-order valence-electron chi connectivity index (χ1n) is 6.20. The zero-order valence-electron chi connectivity index (χ0n) is 10.1. The van der Waals surface area contributed by atoms with Crippen molar-refractivity contribution in [3.63, 3.8) is 0 Å². The second kappa shape index (κ2) is 4.40. The fraction of sp³-hybridized carbons (Fsp3) is 1.00. The SMILES string of the molecule is CC(C)(O)CN1CCN(CC2CC2)CC1. The monoisotopic (exact) mass is 212 g/mol. The summed E-state index contributed by atoms with van der Waals surface area (Å²) in [5.74, 6) is 1.01. The van der Waals surface area contributed by atoms with Crippen molar-refractivity contribution < 1.29 is 5.11 Å². The van der Waals surface area contributed by atoms with Crippen LogP contribution >= 0.6 is 0 Å². The maximum Gasteiger partial charge on any atom is 0.0718 e. The first-order chi connectivity index (χ1) is 7.03. The van der Waals surface area contributed by atoms with Gasteiger partial charge in [-0.25, -0.2) is 0 Å². The van der Waals surface area contributed by atoms with Gasteiger partial charge in [-0.3, -0.25) is 4.90 Å². The van der Waals surface area contributed by atoms with Crippen LogP contribution in [0.1, 0.15) is 26.7 Å². The summed E-state index contributed by atoms with van der Waals surface area (Å²) < 4.78 is 0. The minimum Gasteiger partial charge on any atom is -0.389 e. The number of rotatable bonds is 4. The summed E-state index contributed by atoms with van der Waals surface area (Å²) in [5, 5.41) is 9.74. The lowest BCUT2D eigenvalue weighted by Gasteiger charge is -2.37. The van der Waals surface area contributed by atoms with Crippen molar-refractivity contribution in [1.29, 1.82) is 0 Å². The summed E-state index contributed by atoms with van der Waals surface area (Å²) >= 11 is 0. The highest BCUT2D eigenvalue weighted by Gasteiger charge is 2.27. The largest absolute Gasteiger partial charge is 0.389 e. The molecule has 15 heavy (non-hydrogen) atoms. The standard InChI is InChI=1S/C12H24N2O/c1-12(2,15)10-14-7-5-13(6-8-14)9-11-3-4-11/h11,15H,3-10H2,1-2H3. The zero-order valence-corrected chi connectivity index (χ0v) is 10.1. The molecule has 0 spiro atoms. The number of hydrogen-bond acceptors (Lipinski definition) is 3. The van der Waals surface area contributed by atoms with E-state index in [1.807, 2.05) is 13.8 Å². The molecule has 1 aliphatic heterocycles. The predicted molar refractivity (Wildman–Crippen MR) is 61.9 cm³/mol. The molecule has 1 aliphatic carbocycles. The molecule has 0 atom stereocenters. The number of aliphatic hydroxyl groups is 1. The van der Waals surface area contributed by atoms with Crippen LogP contribution in [0.5, 0.6) is 0 Å². The van der Waals surface area contributed by atoms with E-state index in [0.717, 1.165) is 25.6 Å². The highest BCUT2D eigenvalue weighted by atomic mass is 16.3. The summed E-state index contributed by atoms with van der Waals surface area (Å²) in [6.45, 7) is 10.5. The smallest absolute Gasteiger partial charge is 0.0718 e. The average molecular weight is 212 g/mol. The van der Waals surface area contributed by atoms with E-state index >= 15 is 0 Å². The number of hydrogen-bond donors (Lipinski definition) is 1. The van der Waals surface area contributed by atoms with Crippen molar-refractivity contribution in [2.24, 2.45) is 5.92 Å². The van der Waals surface area contributed by atoms with Crippen LogP contribution in [-0.2, 0) is 0 Å². The molecular formula is C12H24N2O. The van der Waals surface area contributed by atoms with Gasteiger partial charge in [-0.2, -0.15) is 0 Å². The van der Waals surface area contributed by atoms with Gasteiger partial charge < -0.3 is 10.0 Å². The van der Waals surface area contributed by atoms with Crippen molar-refractivity contribution >= 4 is 0 Å². The number of piperazine rings is 1. The van der Waals surface area contributed by atoms with Gasteiger partial charge in [0.15, 0.2) is 0 Å². The lowest BCUT2D eigenvalue weighted by Crippen LogP contribution is -2.50. The molecule has 2 rings (SSSR count). The van der Waals surface area contributed by atoms with Crippen LogP contribution in [0.2, 0.25) is 0 Å². The van der Waals surface area contributed by atoms with E-state index < -0.39 is 5.60 Å². The Bertz CT molecular complexity index is 200. The minimum atomic E-state index is -0.543.